The first kappa shape index (κ1) is 38.2. The van der Waals surface area contributed by atoms with Gasteiger partial charge in [-0.05, 0) is 93.0 Å². The van der Waals surface area contributed by atoms with Crippen LogP contribution in [0.4, 0.5) is 0 Å². The summed E-state index contributed by atoms with van der Waals surface area (Å²) in [5.74, 6) is 32.7. The molecule has 0 aliphatic heterocycles. The van der Waals surface area contributed by atoms with E-state index < -0.39 is 16.1 Å². The second kappa shape index (κ2) is 18.2. The van der Waals surface area contributed by atoms with E-state index in [1.54, 1.807) is 0 Å². The molecule has 2 aromatic rings. The molecule has 0 spiro atoms. The minimum atomic E-state index is -1.92. The molecule has 0 saturated heterocycles. The molecule has 0 aromatic heterocycles. The molecule has 0 saturated carbocycles. The minimum Gasteiger partial charge on any atom is -0.116 e. The maximum atomic E-state index is 3.71. The van der Waals surface area contributed by atoms with E-state index in [0.29, 0.717) is 44.4 Å². The first-order valence-electron chi connectivity index (χ1n) is 16.7. The highest BCUT2D eigenvalue weighted by Crippen LogP contribution is 2.41. The van der Waals surface area contributed by atoms with Gasteiger partial charge >= 0.3 is 0 Å². The smallest absolute Gasteiger partial charge is 0.116 e. The van der Waals surface area contributed by atoms with Crippen LogP contribution in [0.15, 0.2) is 71.8 Å². The van der Waals surface area contributed by atoms with Gasteiger partial charge in [0, 0.05) is 11.1 Å². The van der Waals surface area contributed by atoms with Crippen LogP contribution in [-0.4, -0.2) is 16.1 Å². The van der Waals surface area contributed by atoms with E-state index in [9.17, 15) is 0 Å². The van der Waals surface area contributed by atoms with Gasteiger partial charge in [-0.2, -0.15) is 0 Å². The van der Waals surface area contributed by atoms with Gasteiger partial charge in [-0.25, -0.2) is 0 Å². The highest BCUT2D eigenvalue weighted by molar-refractivity contribution is 6.91. The van der Waals surface area contributed by atoms with Gasteiger partial charge in [0.15, 0.2) is 0 Å². The summed E-state index contributed by atoms with van der Waals surface area (Å²) in [4.78, 5) is 0. The highest BCUT2D eigenvalue weighted by atomic mass is 28.3. The fraction of sp³-hybridized carbons (Fsp3) is 0.409. The zero-order valence-electron chi connectivity index (χ0n) is 30.2. The molecule has 2 rings (SSSR count). The summed E-state index contributed by atoms with van der Waals surface area (Å²) in [6, 6.07) is 19.9. The average Bonchev–Trinajstić information content (AvgIpc) is 3.00. The Balaban J connectivity index is 2.88. The molecule has 0 heterocycles. The maximum absolute atomic E-state index is 3.71. The van der Waals surface area contributed by atoms with Gasteiger partial charge in [0.1, 0.15) is 16.1 Å². The lowest BCUT2D eigenvalue weighted by Crippen LogP contribution is -2.43. The minimum absolute atomic E-state index is 0.532. The molecule has 0 N–H and O–H groups in total. The quantitative estimate of drug-likeness (QED) is 0.219. The van der Waals surface area contributed by atoms with Gasteiger partial charge in [-0.3, -0.25) is 0 Å². The lowest BCUT2D eigenvalue weighted by atomic mass is 10.1. The molecular formula is C44H52Si2. The lowest BCUT2D eigenvalue weighted by molar-refractivity contribution is 0.838. The Hall–Kier alpha value is -4.03. The van der Waals surface area contributed by atoms with Crippen molar-refractivity contribution in [3.63, 3.8) is 0 Å². The predicted octanol–water partition coefficient (Wildman–Crippen LogP) is 10.8. The molecule has 2 heteroatoms. The molecule has 2 aromatic carbocycles. The zero-order chi connectivity index (χ0) is 34.3. The van der Waals surface area contributed by atoms with Crippen LogP contribution in [0.5, 0.6) is 0 Å². The van der Waals surface area contributed by atoms with E-state index in [1.807, 2.05) is 60.7 Å². The van der Waals surface area contributed by atoms with E-state index in [1.165, 1.54) is 0 Å². The molecule has 0 bridgehead atoms. The summed E-state index contributed by atoms with van der Waals surface area (Å²) in [5.41, 5.74) is 13.6. The maximum Gasteiger partial charge on any atom is 0.147 e. The molecule has 0 radical (unpaired) electrons. The summed E-state index contributed by atoms with van der Waals surface area (Å²) in [5, 5.41) is 0. The Labute approximate surface area is 284 Å². The fourth-order valence-electron chi connectivity index (χ4n) is 6.96. The van der Waals surface area contributed by atoms with Crippen LogP contribution in [0.25, 0.3) is 0 Å². The van der Waals surface area contributed by atoms with E-state index in [0.717, 1.165) is 11.1 Å². The van der Waals surface area contributed by atoms with Crippen molar-refractivity contribution in [2.75, 3.05) is 0 Å². The van der Waals surface area contributed by atoms with Gasteiger partial charge in [0.25, 0.3) is 0 Å². The number of hydrogen-bond acceptors (Lipinski definition) is 0. The van der Waals surface area contributed by atoms with Crippen LogP contribution in [0.1, 0.15) is 94.2 Å². The van der Waals surface area contributed by atoms with Crippen LogP contribution in [0.3, 0.4) is 0 Å². The number of allylic oxidation sites excluding steroid dienone is 2. The van der Waals surface area contributed by atoms with Crippen molar-refractivity contribution in [3.8, 4) is 70.3 Å². The van der Waals surface area contributed by atoms with Gasteiger partial charge in [0.2, 0.25) is 0 Å². The van der Waals surface area contributed by atoms with Crippen molar-refractivity contribution in [1.82, 2.24) is 0 Å². The molecular weight excluding hydrogens is 585 g/mol. The van der Waals surface area contributed by atoms with E-state index in [2.05, 4.69) is 153 Å². The van der Waals surface area contributed by atoms with E-state index in [-0.39, 0.29) is 0 Å². The molecule has 0 nitrogen and oxygen atoms in total. The summed E-state index contributed by atoms with van der Waals surface area (Å²) in [6.07, 6.45) is 0. The first-order chi connectivity index (χ1) is 21.8. The third-order valence-electron chi connectivity index (χ3n) is 9.25. The second-order valence-corrected chi connectivity index (χ2v) is 24.9. The second-order valence-electron chi connectivity index (χ2n) is 13.8. The Kier molecular flexibility index (Phi) is 15.1. The van der Waals surface area contributed by atoms with Crippen molar-refractivity contribution in [3.05, 3.63) is 82.9 Å². The topological polar surface area (TPSA) is 0 Å². The summed E-state index contributed by atoms with van der Waals surface area (Å²) >= 11 is 0. The molecule has 0 aliphatic rings. The van der Waals surface area contributed by atoms with Crippen molar-refractivity contribution < 1.29 is 0 Å². The third kappa shape index (κ3) is 9.99. The van der Waals surface area contributed by atoms with Gasteiger partial charge < -0.3 is 0 Å². The van der Waals surface area contributed by atoms with E-state index >= 15 is 0 Å². The molecule has 0 aliphatic carbocycles. The standard InChI is InChI=1S/C44H52Si2/c1-35(2)45(36(3)4,37(5)6)33-21-19-27-43(31-29-41-23-15-13-16-24-41)44(32-30-42-25-17-14-18-26-42)28-20-22-34-46(38(7)8,39(9)10)40(11)12/h13-18,23-26,35-40H,1-12H3/b44-43+. The molecule has 0 atom stereocenters. The van der Waals surface area contributed by atoms with Crippen LogP contribution >= 0.6 is 0 Å². The lowest BCUT2D eigenvalue weighted by Gasteiger charge is -2.37. The van der Waals surface area contributed by atoms with Gasteiger partial charge in [-0.1, -0.05) is 143 Å². The summed E-state index contributed by atoms with van der Waals surface area (Å²) < 4.78 is 0. The summed E-state index contributed by atoms with van der Waals surface area (Å²) in [6.45, 7) is 27.8. The molecule has 0 fully saturated rings. The van der Waals surface area contributed by atoms with Crippen LogP contribution in [0, 0.1) is 70.3 Å². The predicted molar refractivity (Wildman–Crippen MR) is 207 cm³/mol. The summed E-state index contributed by atoms with van der Waals surface area (Å²) in [7, 11) is -3.83. The van der Waals surface area contributed by atoms with Crippen LogP contribution in [0.2, 0.25) is 33.2 Å². The number of hydrogen-bond donors (Lipinski definition) is 0. The van der Waals surface area contributed by atoms with Crippen molar-refractivity contribution in [1.29, 1.82) is 0 Å². The van der Waals surface area contributed by atoms with Crippen molar-refractivity contribution in [2.24, 2.45) is 0 Å². The Bertz CT molecular complexity index is 1540. The molecule has 236 valence electrons. The first-order valence-corrected chi connectivity index (χ1v) is 21.2. The third-order valence-corrected chi connectivity index (χ3v) is 21.8. The molecule has 0 unspecified atom stereocenters. The molecule has 0 amide bonds. The number of rotatable bonds is 6. The highest BCUT2D eigenvalue weighted by Gasteiger charge is 2.42. The fourth-order valence-corrected chi connectivity index (χ4v) is 17.2. The van der Waals surface area contributed by atoms with E-state index in [4.69, 9.17) is 0 Å². The zero-order valence-corrected chi connectivity index (χ0v) is 32.2. The largest absolute Gasteiger partial charge is 0.147 e. The van der Waals surface area contributed by atoms with Gasteiger partial charge in [-0.15, -0.1) is 11.1 Å². The van der Waals surface area contributed by atoms with Gasteiger partial charge in [0.05, 0.1) is 11.1 Å². The Morgan fingerprint density at radius 1 is 0.391 bits per heavy atom. The number of benzene rings is 2. The van der Waals surface area contributed by atoms with Crippen molar-refractivity contribution >= 4 is 16.1 Å². The monoisotopic (exact) mass is 636 g/mol. The Morgan fingerprint density at radius 3 is 0.935 bits per heavy atom. The normalized spacial score (nSPS) is 11.5. The SMILES string of the molecule is CC(C)[Si](C#CC#C/C(C#Cc1ccccc1)=C(/C#CC#C[Si](C(C)C)(C(C)C)C(C)C)C#Cc1ccccc1)(C(C)C)C(C)C. The molecule has 46 heavy (non-hydrogen) atoms. The van der Waals surface area contributed by atoms with Crippen LogP contribution < -0.4 is 0 Å². The average molecular weight is 637 g/mol. The Morgan fingerprint density at radius 2 is 0.674 bits per heavy atom. The van der Waals surface area contributed by atoms with Crippen LogP contribution in [-0.2, 0) is 0 Å². The van der Waals surface area contributed by atoms with Crippen molar-refractivity contribution in [2.45, 2.75) is 116 Å².